The summed E-state index contributed by atoms with van der Waals surface area (Å²) >= 11 is 0. The van der Waals surface area contributed by atoms with Gasteiger partial charge in [-0.3, -0.25) is 19.9 Å². The summed E-state index contributed by atoms with van der Waals surface area (Å²) in [6, 6.07) is 17.8. The number of fused-ring (bicyclic) bond motifs is 1. The van der Waals surface area contributed by atoms with Gasteiger partial charge in [0, 0.05) is 23.4 Å². The van der Waals surface area contributed by atoms with E-state index in [4.69, 9.17) is 4.74 Å². The molecule has 1 fully saturated rings. The number of urea groups is 1. The highest BCUT2D eigenvalue weighted by Gasteiger charge is 2.50. The Morgan fingerprint density at radius 3 is 2.52 bits per heavy atom. The molecule has 4 amide bonds. The van der Waals surface area contributed by atoms with Gasteiger partial charge < -0.3 is 15.0 Å². The third kappa shape index (κ3) is 3.49. The number of ether oxygens (including phenoxy) is 1. The number of hydrogen-bond donors (Lipinski definition) is 2. The van der Waals surface area contributed by atoms with Crippen LogP contribution in [0.25, 0.3) is 11.3 Å². The molecule has 0 unspecified atom stereocenters. The Kier molecular flexibility index (Phi) is 4.85. The van der Waals surface area contributed by atoms with Crippen molar-refractivity contribution in [1.29, 1.82) is 0 Å². The maximum atomic E-state index is 13.0. The van der Waals surface area contributed by atoms with Crippen molar-refractivity contribution in [2.24, 2.45) is 0 Å². The molecule has 0 radical (unpaired) electrons. The predicted octanol–water partition coefficient (Wildman–Crippen LogP) is 2.76. The fourth-order valence-corrected chi connectivity index (χ4v) is 4.43. The number of aryl methyl sites for hydroxylation is 1. The quantitative estimate of drug-likeness (QED) is 0.592. The number of methoxy groups -OCH3 is 1. The zero-order chi connectivity index (χ0) is 23.2. The number of aromatic nitrogens is 1. The van der Waals surface area contributed by atoms with Crippen LogP contribution in [0.3, 0.4) is 0 Å². The van der Waals surface area contributed by atoms with Crippen LogP contribution in [0.2, 0.25) is 0 Å². The van der Waals surface area contributed by atoms with Crippen molar-refractivity contribution in [3.63, 3.8) is 0 Å². The highest BCUT2D eigenvalue weighted by molar-refractivity contribution is 6.08. The topological polar surface area (TPSA) is 101 Å². The largest absolute Gasteiger partial charge is 0.497 e. The standard InChI is InChI=1S/C25H22N4O4/c1-15-4-3-5-21(26-15)16-6-8-18(9-7-16)25(23(31)27-24(32)28-25)14-29-13-17-12-19(33-2)10-11-20(17)22(29)30/h3-12H,13-14H2,1-2H3,(H2,27,28,31,32)/t25-/m0/s1. The van der Waals surface area contributed by atoms with E-state index in [-0.39, 0.29) is 12.5 Å². The molecule has 2 aliphatic heterocycles. The van der Waals surface area contributed by atoms with E-state index in [1.807, 2.05) is 43.3 Å². The first-order chi connectivity index (χ1) is 15.9. The van der Waals surface area contributed by atoms with Crippen molar-refractivity contribution in [3.8, 4) is 17.0 Å². The van der Waals surface area contributed by atoms with E-state index in [1.165, 1.54) is 0 Å². The van der Waals surface area contributed by atoms with Crippen molar-refractivity contribution in [3.05, 3.63) is 83.0 Å². The van der Waals surface area contributed by atoms with Crippen LogP contribution in [0.15, 0.2) is 60.7 Å². The number of pyridine rings is 1. The molecule has 2 aromatic carbocycles. The number of imide groups is 1. The number of rotatable bonds is 5. The van der Waals surface area contributed by atoms with Crippen LogP contribution in [-0.2, 0) is 16.9 Å². The fraction of sp³-hybridized carbons (Fsp3) is 0.200. The van der Waals surface area contributed by atoms with Crippen molar-refractivity contribution in [2.45, 2.75) is 19.0 Å². The van der Waals surface area contributed by atoms with Crippen molar-refractivity contribution < 1.29 is 19.1 Å². The van der Waals surface area contributed by atoms with E-state index < -0.39 is 17.5 Å². The highest BCUT2D eigenvalue weighted by atomic mass is 16.5. The highest BCUT2D eigenvalue weighted by Crippen LogP contribution is 2.33. The summed E-state index contributed by atoms with van der Waals surface area (Å²) < 4.78 is 5.26. The summed E-state index contributed by atoms with van der Waals surface area (Å²) in [6.45, 7) is 2.25. The molecule has 1 saturated heterocycles. The number of hydrogen-bond acceptors (Lipinski definition) is 5. The zero-order valence-electron chi connectivity index (χ0n) is 18.2. The molecular weight excluding hydrogens is 420 g/mol. The lowest BCUT2D eigenvalue weighted by molar-refractivity contribution is -0.124. The summed E-state index contributed by atoms with van der Waals surface area (Å²) in [6.07, 6.45) is 0. The minimum atomic E-state index is -1.39. The van der Waals surface area contributed by atoms with Crippen LogP contribution in [-0.4, -0.2) is 41.4 Å². The maximum absolute atomic E-state index is 13.0. The van der Waals surface area contributed by atoms with Gasteiger partial charge in [0.2, 0.25) is 0 Å². The van der Waals surface area contributed by atoms with Crippen molar-refractivity contribution in [1.82, 2.24) is 20.5 Å². The van der Waals surface area contributed by atoms with Crippen LogP contribution >= 0.6 is 0 Å². The molecule has 0 saturated carbocycles. The van der Waals surface area contributed by atoms with Crippen LogP contribution in [0.4, 0.5) is 4.79 Å². The molecule has 8 nitrogen and oxygen atoms in total. The van der Waals surface area contributed by atoms with E-state index in [0.717, 1.165) is 22.5 Å². The summed E-state index contributed by atoms with van der Waals surface area (Å²) in [5, 5.41) is 5.09. The van der Waals surface area contributed by atoms with Gasteiger partial charge in [0.1, 0.15) is 5.75 Å². The number of amides is 4. The molecule has 0 aliphatic carbocycles. The Labute approximate surface area is 190 Å². The normalized spacial score (nSPS) is 19.3. The molecule has 3 heterocycles. The number of carbonyl (C=O) groups is 3. The van der Waals surface area contributed by atoms with E-state index in [1.54, 1.807) is 36.3 Å². The SMILES string of the molecule is COc1ccc2c(c1)CN(C[C@@]1(c3ccc(-c4cccc(C)n4)cc3)NC(=O)NC1=O)C2=O. The van der Waals surface area contributed by atoms with Gasteiger partial charge >= 0.3 is 6.03 Å². The first-order valence-corrected chi connectivity index (χ1v) is 10.5. The second-order valence-corrected chi connectivity index (χ2v) is 8.24. The van der Waals surface area contributed by atoms with Gasteiger partial charge in [0.05, 0.1) is 19.3 Å². The molecule has 3 aromatic rings. The van der Waals surface area contributed by atoms with Gasteiger partial charge in [-0.15, -0.1) is 0 Å². The lowest BCUT2D eigenvalue weighted by Crippen LogP contribution is -2.52. The summed E-state index contributed by atoms with van der Waals surface area (Å²) in [4.78, 5) is 44.3. The number of nitrogens with zero attached hydrogens (tertiary/aromatic N) is 2. The summed E-state index contributed by atoms with van der Waals surface area (Å²) in [7, 11) is 1.57. The fourth-order valence-electron chi connectivity index (χ4n) is 4.43. The smallest absolute Gasteiger partial charge is 0.322 e. The predicted molar refractivity (Wildman–Crippen MR) is 120 cm³/mol. The monoisotopic (exact) mass is 442 g/mol. The van der Waals surface area contributed by atoms with E-state index >= 15 is 0 Å². The van der Waals surface area contributed by atoms with Crippen LogP contribution < -0.4 is 15.4 Å². The zero-order valence-corrected chi connectivity index (χ0v) is 18.2. The lowest BCUT2D eigenvalue weighted by atomic mass is 9.88. The molecule has 5 rings (SSSR count). The molecule has 2 N–H and O–H groups in total. The molecule has 8 heteroatoms. The van der Waals surface area contributed by atoms with Crippen molar-refractivity contribution in [2.75, 3.05) is 13.7 Å². The van der Waals surface area contributed by atoms with Crippen LogP contribution in [0.1, 0.15) is 27.2 Å². The first kappa shape index (κ1) is 20.7. The van der Waals surface area contributed by atoms with Gasteiger partial charge in [-0.25, -0.2) is 4.79 Å². The van der Waals surface area contributed by atoms with Gasteiger partial charge in [0.25, 0.3) is 11.8 Å². The third-order valence-electron chi connectivity index (χ3n) is 6.12. The second-order valence-electron chi connectivity index (χ2n) is 8.24. The Morgan fingerprint density at radius 2 is 1.85 bits per heavy atom. The second kappa shape index (κ2) is 7.74. The molecule has 0 spiro atoms. The van der Waals surface area contributed by atoms with Crippen LogP contribution in [0, 0.1) is 6.92 Å². The minimum Gasteiger partial charge on any atom is -0.497 e. The lowest BCUT2D eigenvalue weighted by Gasteiger charge is -2.31. The number of nitrogens with one attached hydrogen (secondary N) is 2. The molecular formula is C25H22N4O4. The Balaban J connectivity index is 1.48. The van der Waals surface area contributed by atoms with Crippen LogP contribution in [0.5, 0.6) is 5.75 Å². The van der Waals surface area contributed by atoms with E-state index in [2.05, 4.69) is 15.6 Å². The molecule has 2 aliphatic rings. The summed E-state index contributed by atoms with van der Waals surface area (Å²) in [5.41, 5.74) is 3.19. The number of benzene rings is 2. The Morgan fingerprint density at radius 1 is 1.06 bits per heavy atom. The van der Waals surface area contributed by atoms with Gasteiger partial charge in [-0.05, 0) is 48.4 Å². The average molecular weight is 442 g/mol. The average Bonchev–Trinajstić information content (AvgIpc) is 3.28. The van der Waals surface area contributed by atoms with Gasteiger partial charge in [0.15, 0.2) is 5.54 Å². The van der Waals surface area contributed by atoms with Crippen molar-refractivity contribution >= 4 is 17.8 Å². The van der Waals surface area contributed by atoms with Gasteiger partial charge in [-0.2, -0.15) is 0 Å². The molecule has 0 bridgehead atoms. The number of carbonyl (C=O) groups excluding carboxylic acids is 3. The third-order valence-corrected chi connectivity index (χ3v) is 6.12. The molecule has 1 aromatic heterocycles. The first-order valence-electron chi connectivity index (χ1n) is 10.5. The molecule has 1 atom stereocenters. The molecule has 166 valence electrons. The minimum absolute atomic E-state index is 0.00242. The maximum Gasteiger partial charge on any atom is 0.322 e. The Bertz CT molecular complexity index is 1290. The Hall–Kier alpha value is -4.20. The van der Waals surface area contributed by atoms with E-state index in [9.17, 15) is 14.4 Å². The summed E-state index contributed by atoms with van der Waals surface area (Å²) in [5.74, 6) is -0.0257. The van der Waals surface area contributed by atoms with Gasteiger partial charge in [-0.1, -0.05) is 30.3 Å². The van der Waals surface area contributed by atoms with E-state index in [0.29, 0.717) is 23.4 Å². The molecule has 33 heavy (non-hydrogen) atoms.